The Bertz CT molecular complexity index is 1070. The fourth-order valence-electron chi connectivity index (χ4n) is 8.59. The number of aliphatic hydroxyl groups is 1. The third kappa shape index (κ3) is 4.49. The zero-order valence-corrected chi connectivity index (χ0v) is 23.8. The van der Waals surface area contributed by atoms with Crippen LogP contribution >= 0.6 is 0 Å². The Hall–Kier alpha value is -2.07. The normalized spacial score (nSPS) is 42.3. The SMILES string of the molecule is CCCC1OC2CC3C4CCC5=CC(=O)C=C[C@]5(C)C4[C@@H](O)C[C@]3(C)[C@]2(C(=O)COC(=O)OCCN(C)C)O1. The lowest BCUT2D eigenvalue weighted by molar-refractivity contribution is -0.200. The number of nitrogens with zero attached hydrogens (tertiary/aromatic N) is 1. The Labute approximate surface area is 230 Å². The van der Waals surface area contributed by atoms with Gasteiger partial charge >= 0.3 is 6.16 Å². The number of Topliss-reactive ketones (excluding diaryl/α,β-unsaturated/α-hetero) is 1. The molecule has 0 spiro atoms. The monoisotopic (exact) mass is 545 g/mol. The van der Waals surface area contributed by atoms with Gasteiger partial charge in [0.15, 0.2) is 24.3 Å². The van der Waals surface area contributed by atoms with Gasteiger partial charge in [0.1, 0.15) is 6.61 Å². The van der Waals surface area contributed by atoms with E-state index < -0.39 is 47.7 Å². The lowest BCUT2D eigenvalue weighted by Crippen LogP contribution is -2.63. The van der Waals surface area contributed by atoms with Crippen molar-refractivity contribution < 1.29 is 38.4 Å². The van der Waals surface area contributed by atoms with Crippen molar-refractivity contribution in [3.05, 3.63) is 23.8 Å². The molecule has 3 saturated carbocycles. The van der Waals surface area contributed by atoms with Gasteiger partial charge in [0.2, 0.25) is 5.78 Å². The summed E-state index contributed by atoms with van der Waals surface area (Å²) < 4.78 is 23.4. The Morgan fingerprint density at radius 2 is 2.00 bits per heavy atom. The van der Waals surface area contributed by atoms with Crippen molar-refractivity contribution >= 4 is 17.7 Å². The Kier molecular flexibility index (Phi) is 7.59. The molecular weight excluding hydrogens is 502 g/mol. The zero-order valence-electron chi connectivity index (χ0n) is 23.8. The van der Waals surface area contributed by atoms with Crippen molar-refractivity contribution in [3.63, 3.8) is 0 Å². The van der Waals surface area contributed by atoms with E-state index in [0.717, 1.165) is 24.8 Å². The summed E-state index contributed by atoms with van der Waals surface area (Å²) in [5, 5.41) is 11.8. The molecule has 0 radical (unpaired) electrons. The van der Waals surface area contributed by atoms with E-state index in [4.69, 9.17) is 18.9 Å². The highest BCUT2D eigenvalue weighted by Gasteiger charge is 2.75. The zero-order chi connectivity index (χ0) is 28.2. The predicted octanol–water partition coefficient (Wildman–Crippen LogP) is 3.44. The van der Waals surface area contributed by atoms with Gasteiger partial charge in [-0.15, -0.1) is 0 Å². The largest absolute Gasteiger partial charge is 0.508 e. The smallest absolute Gasteiger partial charge is 0.433 e. The van der Waals surface area contributed by atoms with E-state index in [1.807, 2.05) is 32.0 Å². The maximum absolute atomic E-state index is 14.1. The summed E-state index contributed by atoms with van der Waals surface area (Å²) in [5.74, 6) is -0.209. The Morgan fingerprint density at radius 3 is 2.72 bits per heavy atom. The summed E-state index contributed by atoms with van der Waals surface area (Å²) in [5.41, 5.74) is -1.34. The first kappa shape index (κ1) is 28.5. The molecule has 1 aliphatic heterocycles. The molecule has 0 aromatic rings. The minimum Gasteiger partial charge on any atom is -0.433 e. The van der Waals surface area contributed by atoms with Crippen LogP contribution < -0.4 is 0 Å². The fraction of sp³-hybridized carbons (Fsp3) is 0.767. The van der Waals surface area contributed by atoms with E-state index in [1.165, 1.54) is 0 Å². The molecule has 9 nitrogen and oxygen atoms in total. The van der Waals surface area contributed by atoms with E-state index in [-0.39, 0.29) is 35.9 Å². The lowest BCUT2D eigenvalue weighted by Gasteiger charge is -2.59. The number of fused-ring (bicyclic) bond motifs is 7. The summed E-state index contributed by atoms with van der Waals surface area (Å²) >= 11 is 0. The van der Waals surface area contributed by atoms with E-state index in [0.29, 0.717) is 25.8 Å². The molecule has 0 bridgehead atoms. The average Bonchev–Trinajstić information content (AvgIpc) is 3.35. The first-order valence-corrected chi connectivity index (χ1v) is 14.4. The summed E-state index contributed by atoms with van der Waals surface area (Å²) in [6.45, 7) is 6.46. The van der Waals surface area contributed by atoms with Crippen molar-refractivity contribution in [2.24, 2.45) is 28.6 Å². The number of rotatable bonds is 8. The van der Waals surface area contributed by atoms with Gasteiger partial charge in [-0.3, -0.25) is 9.59 Å². The molecule has 5 unspecified atom stereocenters. The van der Waals surface area contributed by atoms with Crippen LogP contribution in [0.25, 0.3) is 0 Å². The third-order valence-electron chi connectivity index (χ3n) is 10.3. The molecule has 9 heteroatoms. The molecule has 1 heterocycles. The topological polar surface area (TPSA) is 112 Å². The molecule has 0 aromatic carbocycles. The van der Waals surface area contributed by atoms with Crippen LogP contribution in [-0.4, -0.2) is 85.7 Å². The molecule has 0 aromatic heterocycles. The number of hydrogen-bond donors (Lipinski definition) is 1. The van der Waals surface area contributed by atoms with Crippen molar-refractivity contribution in [1.82, 2.24) is 4.90 Å². The van der Waals surface area contributed by atoms with Crippen LogP contribution in [-0.2, 0) is 28.5 Å². The molecule has 5 aliphatic rings. The minimum absolute atomic E-state index is 0.0000165. The number of ketones is 2. The number of carbonyl (C=O) groups is 3. The molecule has 5 rings (SSSR count). The van der Waals surface area contributed by atoms with Crippen molar-refractivity contribution in [3.8, 4) is 0 Å². The number of carbonyl (C=O) groups excluding carboxylic acids is 3. The summed E-state index contributed by atoms with van der Waals surface area (Å²) in [4.78, 5) is 40.3. The summed E-state index contributed by atoms with van der Waals surface area (Å²) in [6.07, 6.45) is 6.85. The van der Waals surface area contributed by atoms with Gasteiger partial charge in [-0.05, 0) is 70.2 Å². The van der Waals surface area contributed by atoms with Gasteiger partial charge in [0.05, 0.1) is 12.2 Å². The van der Waals surface area contributed by atoms with Crippen molar-refractivity contribution in [1.29, 1.82) is 0 Å². The first-order valence-electron chi connectivity index (χ1n) is 14.4. The lowest BCUT2D eigenvalue weighted by atomic mass is 9.46. The highest BCUT2D eigenvalue weighted by atomic mass is 16.7. The number of allylic oxidation sites excluding steroid dienone is 4. The van der Waals surface area contributed by atoms with Crippen molar-refractivity contribution in [2.75, 3.05) is 33.9 Å². The van der Waals surface area contributed by atoms with Gasteiger partial charge < -0.3 is 29.0 Å². The quantitative estimate of drug-likeness (QED) is 0.459. The maximum Gasteiger partial charge on any atom is 0.508 e. The molecule has 1 N–H and O–H groups in total. The number of aliphatic hydroxyl groups excluding tert-OH is 1. The van der Waals surface area contributed by atoms with Crippen LogP contribution in [0.2, 0.25) is 0 Å². The van der Waals surface area contributed by atoms with Crippen LogP contribution in [0.1, 0.15) is 59.3 Å². The second kappa shape index (κ2) is 10.4. The van der Waals surface area contributed by atoms with Gasteiger partial charge in [0, 0.05) is 23.3 Å². The molecule has 4 aliphatic carbocycles. The van der Waals surface area contributed by atoms with Crippen LogP contribution in [0, 0.1) is 28.6 Å². The van der Waals surface area contributed by atoms with E-state index >= 15 is 0 Å². The Balaban J connectivity index is 1.41. The molecule has 9 atom stereocenters. The second-order valence-corrected chi connectivity index (χ2v) is 12.8. The average molecular weight is 546 g/mol. The predicted molar refractivity (Wildman–Crippen MR) is 142 cm³/mol. The van der Waals surface area contributed by atoms with E-state index in [1.54, 1.807) is 12.2 Å². The molecular formula is C30H43NO8. The third-order valence-corrected chi connectivity index (χ3v) is 10.3. The number of hydrogen-bond acceptors (Lipinski definition) is 9. The van der Waals surface area contributed by atoms with Crippen LogP contribution in [0.4, 0.5) is 4.79 Å². The standard InChI is InChI=1S/C30H43NO8/c1-6-7-25-38-24-15-21-20-9-8-18-14-19(32)10-11-28(18,2)26(20)22(33)16-29(21,3)30(24,39-25)23(34)17-37-27(35)36-13-12-31(4)5/h10-11,14,20-22,24-26,33H,6-9,12-13,15-17H2,1-5H3/t20?,21?,22-,24?,25?,26?,28-,29-,30+/m0/s1. The molecule has 1 saturated heterocycles. The molecule has 4 fully saturated rings. The molecule has 39 heavy (non-hydrogen) atoms. The number of ether oxygens (including phenoxy) is 4. The first-order chi connectivity index (χ1) is 18.5. The number of likely N-dealkylation sites (N-methyl/N-ethyl adjacent to an activating group) is 1. The molecule has 0 amide bonds. The second-order valence-electron chi connectivity index (χ2n) is 12.8. The summed E-state index contributed by atoms with van der Waals surface area (Å²) in [7, 11) is 3.74. The van der Waals surface area contributed by atoms with Crippen LogP contribution in [0.3, 0.4) is 0 Å². The summed E-state index contributed by atoms with van der Waals surface area (Å²) in [6, 6.07) is 0. The van der Waals surface area contributed by atoms with Crippen LogP contribution in [0.5, 0.6) is 0 Å². The van der Waals surface area contributed by atoms with E-state index in [9.17, 15) is 19.5 Å². The Morgan fingerprint density at radius 1 is 1.23 bits per heavy atom. The van der Waals surface area contributed by atoms with Gasteiger partial charge in [-0.2, -0.15) is 0 Å². The van der Waals surface area contributed by atoms with Crippen LogP contribution in [0.15, 0.2) is 23.8 Å². The molecule has 216 valence electrons. The minimum atomic E-state index is -1.32. The van der Waals surface area contributed by atoms with Gasteiger partial charge in [-0.1, -0.05) is 38.8 Å². The van der Waals surface area contributed by atoms with Crippen molar-refractivity contribution in [2.45, 2.75) is 83.4 Å². The highest BCUT2D eigenvalue weighted by molar-refractivity contribution is 6.01. The highest BCUT2D eigenvalue weighted by Crippen LogP contribution is 2.69. The van der Waals surface area contributed by atoms with Gasteiger partial charge in [-0.25, -0.2) is 4.79 Å². The fourth-order valence-corrected chi connectivity index (χ4v) is 8.59. The van der Waals surface area contributed by atoms with E-state index in [2.05, 4.69) is 13.8 Å². The van der Waals surface area contributed by atoms with Gasteiger partial charge in [0.25, 0.3) is 0 Å². The maximum atomic E-state index is 14.1.